The molecule has 0 aliphatic rings. The largest absolute Gasteiger partial charge is 0.478 e. The molecule has 3 N–H and O–H groups in total. The normalized spacial score (nSPS) is 11.3. The predicted molar refractivity (Wildman–Crippen MR) is 74.4 cm³/mol. The molecule has 4 heteroatoms. The maximum atomic E-state index is 10.8. The van der Waals surface area contributed by atoms with E-state index in [1.54, 1.807) is 12.1 Å². The predicted octanol–water partition coefficient (Wildman–Crippen LogP) is 2.49. The van der Waals surface area contributed by atoms with Crippen LogP contribution in [0, 0.1) is 6.92 Å². The second-order valence-electron chi connectivity index (χ2n) is 5.44. The third-order valence-corrected chi connectivity index (χ3v) is 2.57. The third kappa shape index (κ3) is 4.75. The smallest absolute Gasteiger partial charge is 0.335 e. The molecule has 0 aromatic heterocycles. The van der Waals surface area contributed by atoms with Gasteiger partial charge in [0.15, 0.2) is 0 Å². The maximum absolute atomic E-state index is 10.8. The third-order valence-electron chi connectivity index (χ3n) is 2.57. The SMILES string of the molecule is Cc1cc(C(=O)O)ccc1NCCNC(C)(C)C. The van der Waals surface area contributed by atoms with E-state index in [0.717, 1.165) is 24.3 Å². The van der Waals surface area contributed by atoms with E-state index in [-0.39, 0.29) is 5.54 Å². The first kappa shape index (κ1) is 14.5. The Kier molecular flexibility index (Phi) is 4.73. The Bertz CT molecular complexity index is 422. The lowest BCUT2D eigenvalue weighted by Gasteiger charge is -2.21. The summed E-state index contributed by atoms with van der Waals surface area (Å²) < 4.78 is 0. The van der Waals surface area contributed by atoms with Gasteiger partial charge in [0.1, 0.15) is 0 Å². The number of hydrogen-bond acceptors (Lipinski definition) is 3. The molecule has 0 aliphatic carbocycles. The molecule has 0 fully saturated rings. The van der Waals surface area contributed by atoms with Gasteiger partial charge in [-0.05, 0) is 51.5 Å². The van der Waals surface area contributed by atoms with Crippen molar-refractivity contribution in [2.45, 2.75) is 33.2 Å². The summed E-state index contributed by atoms with van der Waals surface area (Å²) in [6, 6.07) is 5.12. The second-order valence-corrected chi connectivity index (χ2v) is 5.44. The van der Waals surface area contributed by atoms with E-state index in [9.17, 15) is 4.79 Å². The Morgan fingerprint density at radius 2 is 1.94 bits per heavy atom. The van der Waals surface area contributed by atoms with E-state index in [1.165, 1.54) is 0 Å². The van der Waals surface area contributed by atoms with Crippen molar-refractivity contribution < 1.29 is 9.90 Å². The molecule has 0 heterocycles. The van der Waals surface area contributed by atoms with Gasteiger partial charge in [-0.25, -0.2) is 4.79 Å². The molecule has 0 spiro atoms. The average Bonchev–Trinajstić information content (AvgIpc) is 2.24. The number of carboxylic acids is 1. The quantitative estimate of drug-likeness (QED) is 0.703. The van der Waals surface area contributed by atoms with Gasteiger partial charge in [-0.2, -0.15) is 0 Å². The number of nitrogens with one attached hydrogen (secondary N) is 2. The Morgan fingerprint density at radius 1 is 1.28 bits per heavy atom. The topological polar surface area (TPSA) is 61.4 Å². The van der Waals surface area contributed by atoms with Crippen LogP contribution in [0.15, 0.2) is 18.2 Å². The van der Waals surface area contributed by atoms with Gasteiger partial charge in [0, 0.05) is 24.3 Å². The number of carbonyl (C=O) groups is 1. The van der Waals surface area contributed by atoms with Crippen LogP contribution in [0.2, 0.25) is 0 Å². The average molecular weight is 250 g/mol. The van der Waals surface area contributed by atoms with Crippen molar-refractivity contribution in [3.8, 4) is 0 Å². The van der Waals surface area contributed by atoms with Crippen molar-refractivity contribution in [1.82, 2.24) is 5.32 Å². The highest BCUT2D eigenvalue weighted by molar-refractivity contribution is 5.88. The summed E-state index contributed by atoms with van der Waals surface area (Å²) in [6.07, 6.45) is 0. The lowest BCUT2D eigenvalue weighted by Crippen LogP contribution is -2.38. The van der Waals surface area contributed by atoms with Crippen LogP contribution in [0.4, 0.5) is 5.69 Å². The van der Waals surface area contributed by atoms with Gasteiger partial charge in [-0.1, -0.05) is 0 Å². The van der Waals surface area contributed by atoms with Crippen LogP contribution < -0.4 is 10.6 Å². The highest BCUT2D eigenvalue weighted by atomic mass is 16.4. The molecule has 18 heavy (non-hydrogen) atoms. The minimum atomic E-state index is -0.890. The molecule has 0 saturated carbocycles. The number of hydrogen-bond donors (Lipinski definition) is 3. The van der Waals surface area contributed by atoms with Crippen LogP contribution in [-0.2, 0) is 0 Å². The van der Waals surface area contributed by atoms with Gasteiger partial charge in [0.25, 0.3) is 0 Å². The van der Waals surface area contributed by atoms with Crippen LogP contribution in [0.25, 0.3) is 0 Å². The van der Waals surface area contributed by atoms with Crippen LogP contribution in [0.5, 0.6) is 0 Å². The summed E-state index contributed by atoms with van der Waals surface area (Å²) in [5.74, 6) is -0.890. The number of carboxylic acid groups (broad SMARTS) is 1. The summed E-state index contributed by atoms with van der Waals surface area (Å²) in [5.41, 5.74) is 2.37. The van der Waals surface area contributed by atoms with E-state index < -0.39 is 5.97 Å². The number of aromatic carboxylic acids is 1. The number of rotatable bonds is 5. The van der Waals surface area contributed by atoms with Gasteiger partial charge in [0.05, 0.1) is 5.56 Å². The molecule has 0 aliphatic heterocycles. The molecule has 1 aromatic carbocycles. The first-order chi connectivity index (χ1) is 8.29. The van der Waals surface area contributed by atoms with Crippen LogP contribution in [0.1, 0.15) is 36.7 Å². The number of benzene rings is 1. The van der Waals surface area contributed by atoms with Crippen LogP contribution in [0.3, 0.4) is 0 Å². The molecule has 4 nitrogen and oxygen atoms in total. The summed E-state index contributed by atoms with van der Waals surface area (Å²) in [6.45, 7) is 9.96. The summed E-state index contributed by atoms with van der Waals surface area (Å²) in [7, 11) is 0. The molecule has 0 radical (unpaired) electrons. The van der Waals surface area contributed by atoms with E-state index in [4.69, 9.17) is 5.11 Å². The van der Waals surface area contributed by atoms with Crippen molar-refractivity contribution in [3.05, 3.63) is 29.3 Å². The number of anilines is 1. The molecule has 1 rings (SSSR count). The van der Waals surface area contributed by atoms with E-state index in [0.29, 0.717) is 5.56 Å². The van der Waals surface area contributed by atoms with Gasteiger partial charge in [-0.3, -0.25) is 0 Å². The molecule has 0 amide bonds. The minimum Gasteiger partial charge on any atom is -0.478 e. The van der Waals surface area contributed by atoms with Gasteiger partial charge >= 0.3 is 5.97 Å². The Balaban J connectivity index is 2.51. The fourth-order valence-electron chi connectivity index (χ4n) is 1.63. The lowest BCUT2D eigenvalue weighted by atomic mass is 10.1. The lowest BCUT2D eigenvalue weighted by molar-refractivity contribution is 0.0697. The molecule has 100 valence electrons. The first-order valence-corrected chi connectivity index (χ1v) is 6.12. The van der Waals surface area contributed by atoms with Crippen molar-refractivity contribution >= 4 is 11.7 Å². The van der Waals surface area contributed by atoms with E-state index >= 15 is 0 Å². The fraction of sp³-hybridized carbons (Fsp3) is 0.500. The highest BCUT2D eigenvalue weighted by Crippen LogP contribution is 2.16. The molecule has 0 saturated heterocycles. The van der Waals surface area contributed by atoms with Gasteiger partial charge in [-0.15, -0.1) is 0 Å². The van der Waals surface area contributed by atoms with E-state index in [1.807, 2.05) is 13.0 Å². The highest BCUT2D eigenvalue weighted by Gasteiger charge is 2.08. The maximum Gasteiger partial charge on any atom is 0.335 e. The Labute approximate surface area is 108 Å². The van der Waals surface area contributed by atoms with Crippen molar-refractivity contribution in [2.24, 2.45) is 0 Å². The first-order valence-electron chi connectivity index (χ1n) is 6.12. The molecule has 0 atom stereocenters. The monoisotopic (exact) mass is 250 g/mol. The van der Waals surface area contributed by atoms with Gasteiger partial charge < -0.3 is 15.7 Å². The molecular formula is C14H22N2O2. The van der Waals surface area contributed by atoms with Crippen LogP contribution >= 0.6 is 0 Å². The van der Waals surface area contributed by atoms with E-state index in [2.05, 4.69) is 31.4 Å². The standard InChI is InChI=1S/C14H22N2O2/c1-10-9-11(13(17)18)5-6-12(10)15-7-8-16-14(2,3)4/h5-6,9,15-16H,7-8H2,1-4H3,(H,17,18). The summed E-state index contributed by atoms with van der Waals surface area (Å²) >= 11 is 0. The number of aryl methyl sites for hydroxylation is 1. The van der Waals surface area contributed by atoms with Crippen molar-refractivity contribution in [1.29, 1.82) is 0 Å². The minimum absolute atomic E-state index is 0.115. The Morgan fingerprint density at radius 3 is 2.44 bits per heavy atom. The van der Waals surface area contributed by atoms with Crippen LogP contribution in [-0.4, -0.2) is 29.7 Å². The zero-order valence-corrected chi connectivity index (χ0v) is 11.5. The summed E-state index contributed by atoms with van der Waals surface area (Å²) in [5, 5.41) is 15.6. The molecule has 0 bridgehead atoms. The second kappa shape index (κ2) is 5.87. The fourth-order valence-corrected chi connectivity index (χ4v) is 1.63. The molecule has 0 unspecified atom stereocenters. The summed E-state index contributed by atoms with van der Waals surface area (Å²) in [4.78, 5) is 10.8. The van der Waals surface area contributed by atoms with Crippen molar-refractivity contribution in [2.75, 3.05) is 18.4 Å². The molecule has 1 aromatic rings. The zero-order valence-electron chi connectivity index (χ0n) is 11.5. The van der Waals surface area contributed by atoms with Gasteiger partial charge in [0.2, 0.25) is 0 Å². The molecular weight excluding hydrogens is 228 g/mol. The zero-order chi connectivity index (χ0) is 13.8. The Hall–Kier alpha value is -1.55. The van der Waals surface area contributed by atoms with Crippen molar-refractivity contribution in [3.63, 3.8) is 0 Å².